The molecule has 137 heavy (non-hydrogen) atoms. The third-order valence-corrected chi connectivity index (χ3v) is 28.7. The number of carbonyl (C=O) groups is 6. The van der Waals surface area contributed by atoms with E-state index in [4.69, 9.17) is 73.6 Å². The van der Waals surface area contributed by atoms with E-state index in [-0.39, 0.29) is 112 Å². The van der Waals surface area contributed by atoms with Gasteiger partial charge in [-0.2, -0.15) is 14.4 Å². The van der Waals surface area contributed by atoms with Crippen molar-refractivity contribution in [1.29, 1.82) is 0 Å². The molecule has 0 spiro atoms. The smallest absolute Gasteiger partial charge is 0.329 e. The zero-order valence-electron chi connectivity index (χ0n) is 80.1. The van der Waals surface area contributed by atoms with E-state index in [1.54, 1.807) is 81.3 Å². The predicted molar refractivity (Wildman–Crippen MR) is 509 cm³/mol. The average Bonchev–Trinajstić information content (AvgIpc) is 1.48. The summed E-state index contributed by atoms with van der Waals surface area (Å²) < 4.78 is 92.8. The highest BCUT2D eigenvalue weighted by Gasteiger charge is 2.53. The second-order valence-corrected chi connectivity index (χ2v) is 38.7. The Balaban J connectivity index is 0.533. The number of allylic oxidation sites excluding steroid dienone is 6. The first-order chi connectivity index (χ1) is 66.0. The molecule has 742 valence electrons. The lowest BCUT2D eigenvalue weighted by molar-refractivity contribution is -0.265. The standard InChI is InChI=1S/C97H133N19O20S/c1-61-19-12-11-13-20-62(2)81(127-8)53-74-27-24-67(7)97(124,136-74)90(121)93(122)114-32-16-14-23-77(114)94(123)134-82(54-79(117)63(3)48-66(6)88(120)89(129-10)87(119)65(5)47-61)64(4)49-68-25-28-76(83(50-68)128-9)116-78(57-105-109-116)70-22-18-21-69(51-70)72-55-101-96(102-56-72)111-34-36-113(37-35-111)137(125,126)46-30-73-58-112(110-107-73)38-39-130-40-41-131-42-43-132-44-45-133-59-84(118)100-31-15-17-33-115-92-85(91(98)103-60-104-92)86(108-115)71-26-29-80-75(52-71)106-95(99)135-80/h11-13,18-22,26,29,48,51-52,55-58,60-61,63-65,67-68,74,76-77,81-83,88-89,120,124H,14-17,23-25,27-28,30-47,49-50,53-54,59H2,1-10H3,(H2,99,106)(H,100,118)(H2,98,103,104)/b13-11+,19-12+,62-20+,66-48+/t61-,63-,64-,65-,67-,68+,74+,76+,77+,81+,82+,83-,88-,89+,97-/m1/s1. The predicted octanol–water partition coefficient (Wildman–Crippen LogP) is 8.84. The summed E-state index contributed by atoms with van der Waals surface area (Å²) in [5.74, 6) is -8.19. The molecule has 8 aromatic rings. The minimum absolute atomic E-state index is 0.0109. The summed E-state index contributed by atoms with van der Waals surface area (Å²) in [5.41, 5.74) is 20.1. The number of Topliss-reactive ketones (excluding diaryl/α,β-unsaturated/α-hetero) is 3. The van der Waals surface area contributed by atoms with Crippen LogP contribution in [0.5, 0.6) is 0 Å². The number of esters is 1. The van der Waals surface area contributed by atoms with Crippen LogP contribution >= 0.6 is 0 Å². The second kappa shape index (κ2) is 49.1. The minimum atomic E-state index is -3.65. The van der Waals surface area contributed by atoms with Gasteiger partial charge in [-0.25, -0.2) is 47.2 Å². The van der Waals surface area contributed by atoms with Crippen molar-refractivity contribution < 1.29 is 94.4 Å². The van der Waals surface area contributed by atoms with Crippen LogP contribution in [0.3, 0.4) is 0 Å². The Bertz CT molecular complexity index is 5640. The van der Waals surface area contributed by atoms with Crippen LogP contribution in [-0.2, 0) is 101 Å². The minimum Gasteiger partial charge on any atom is -0.460 e. The number of fused-ring (bicyclic) bond motifs is 5. The molecule has 1 aliphatic carbocycles. The molecular weight excluding hydrogens is 1780 g/mol. The van der Waals surface area contributed by atoms with E-state index in [2.05, 4.69) is 40.9 Å². The number of carbonyl (C=O) groups excluding carboxylic acids is 6. The van der Waals surface area contributed by atoms with E-state index in [0.29, 0.717) is 194 Å². The van der Waals surface area contributed by atoms with Gasteiger partial charge in [0.1, 0.15) is 60.1 Å². The molecule has 2 amide bonds. The van der Waals surface area contributed by atoms with E-state index >= 15 is 0 Å². The summed E-state index contributed by atoms with van der Waals surface area (Å²) in [6.45, 7) is 17.5. The van der Waals surface area contributed by atoms with E-state index in [9.17, 15) is 47.4 Å². The number of benzene rings is 2. The van der Waals surface area contributed by atoms with E-state index in [1.807, 2.05) is 104 Å². The number of hydrogen-bond donors (Lipinski definition) is 5. The van der Waals surface area contributed by atoms with Crippen LogP contribution in [0, 0.1) is 35.5 Å². The number of aryl methyl sites for hydroxylation is 2. The lowest BCUT2D eigenvalue weighted by Gasteiger charge is -2.42. The largest absolute Gasteiger partial charge is 0.460 e. The number of methoxy groups -OCH3 is 3. The molecule has 6 aromatic heterocycles. The molecule has 10 heterocycles. The zero-order valence-corrected chi connectivity index (χ0v) is 80.9. The summed E-state index contributed by atoms with van der Waals surface area (Å²) in [6, 6.07) is 12.0. The topological polar surface area (TPSA) is 491 Å². The van der Waals surface area contributed by atoms with Crippen molar-refractivity contribution in [2.45, 2.75) is 212 Å². The number of sulfonamides is 1. The van der Waals surface area contributed by atoms with Crippen LogP contribution < -0.4 is 21.7 Å². The van der Waals surface area contributed by atoms with Crippen LogP contribution in [0.25, 0.3) is 55.8 Å². The van der Waals surface area contributed by atoms with E-state index in [0.717, 1.165) is 33.5 Å². The Hall–Kier alpha value is -10.9. The number of aliphatic hydroxyl groups is 2. The molecule has 7 N–H and O–H groups in total. The van der Waals surface area contributed by atoms with Gasteiger partial charge in [-0.05, 0) is 150 Å². The molecule has 1 saturated carbocycles. The fourth-order valence-electron chi connectivity index (χ4n) is 18.8. The summed E-state index contributed by atoms with van der Waals surface area (Å²) >= 11 is 0. The zero-order chi connectivity index (χ0) is 97.5. The number of ether oxygens (including phenoxy) is 9. The third kappa shape index (κ3) is 27.0. The lowest BCUT2D eigenvalue weighted by Crippen LogP contribution is -2.61. The number of piperidine rings is 1. The van der Waals surface area contributed by atoms with Gasteiger partial charge in [0.15, 0.2) is 17.0 Å². The highest BCUT2D eigenvalue weighted by Crippen LogP contribution is 2.43. The van der Waals surface area contributed by atoms with Crippen molar-refractivity contribution >= 4 is 85.1 Å². The maximum Gasteiger partial charge on any atom is 0.329 e. The summed E-state index contributed by atoms with van der Waals surface area (Å²) in [4.78, 5) is 111. The van der Waals surface area contributed by atoms with Gasteiger partial charge >= 0.3 is 5.97 Å². The van der Waals surface area contributed by atoms with Crippen LogP contribution in [0.2, 0.25) is 0 Å². The summed E-state index contributed by atoms with van der Waals surface area (Å²) in [7, 11) is 0.967. The number of anilines is 3. The molecule has 0 unspecified atom stereocenters. The number of oxazole rings is 1. The molecule has 13 rings (SSSR count). The van der Waals surface area contributed by atoms with E-state index < -0.39 is 93.7 Å². The number of hydrogen-bond acceptors (Lipinski definition) is 33. The van der Waals surface area contributed by atoms with Gasteiger partial charge in [0.2, 0.25) is 27.7 Å². The van der Waals surface area contributed by atoms with Gasteiger partial charge < -0.3 is 83.8 Å². The number of cyclic esters (lactones) is 1. The van der Waals surface area contributed by atoms with Gasteiger partial charge in [-0.3, -0.25) is 24.0 Å². The number of amides is 2. The molecule has 3 saturated heterocycles. The Kier molecular flexibility index (Phi) is 37.1. The van der Waals surface area contributed by atoms with Crippen LogP contribution in [0.15, 0.2) is 126 Å². The second-order valence-electron chi connectivity index (χ2n) is 36.6. The molecule has 2 aromatic carbocycles. The monoisotopic (exact) mass is 1920 g/mol. The fraction of sp³-hybridized carbons (Fsp3) is 0.588. The highest BCUT2D eigenvalue weighted by molar-refractivity contribution is 7.89. The third-order valence-electron chi connectivity index (χ3n) is 26.8. The first kappa shape index (κ1) is 103. The maximum atomic E-state index is 15.0. The van der Waals surface area contributed by atoms with Crippen LogP contribution in [0.1, 0.15) is 150 Å². The van der Waals surface area contributed by atoms with Crippen LogP contribution in [0.4, 0.5) is 17.8 Å². The van der Waals surface area contributed by atoms with Crippen molar-refractivity contribution in [1.82, 2.24) is 79.2 Å². The Morgan fingerprint density at radius 1 is 0.752 bits per heavy atom. The molecule has 40 heteroatoms. The molecule has 2 bridgehead atoms. The number of aliphatic hydroxyl groups excluding tert-OH is 1. The molecule has 4 fully saturated rings. The fourth-order valence-corrected chi connectivity index (χ4v) is 20.2. The molecule has 4 aliphatic heterocycles. The number of rotatable bonds is 34. The molecule has 0 radical (unpaired) electrons. The lowest BCUT2D eigenvalue weighted by atomic mass is 9.77. The number of unbranched alkanes of at least 4 members (excludes halogenated alkanes) is 1. The van der Waals surface area contributed by atoms with Gasteiger partial charge in [0.05, 0.1) is 106 Å². The van der Waals surface area contributed by atoms with Crippen molar-refractivity contribution in [3.05, 3.63) is 127 Å². The molecule has 39 nitrogen and oxygen atoms in total. The van der Waals surface area contributed by atoms with Crippen LogP contribution in [-0.4, -0.2) is 295 Å². The molecular formula is C97H133N19O20S. The SMILES string of the molecule is CO[C@H]1C[C@@H]2CC[C@@H](C)[C@@](O)(O2)C(=O)C(=O)N2CCCC[C@H]2C(=O)O[C@H]([C@H](C)C[C@@H]2CC[C@H](n3nncc3-c3cccc(-c4cnc(N5CCN(S(=O)(=O)CCc6cn(CCOCCOCCOCCOCC(=O)NCCCCn7nc(-c8ccc9oc(N)nc9c8)c8c(N)ncnc87)nn6)CC5)nc4)c3)[C@H](OC)C2)CC(=O)[C@H](C)/C=C(\C)[C@@H](O)[C@@H](OC)C(=O)[C@H](C)C[C@H](C)/C=C/C=C/C=C/1C. The van der Waals surface area contributed by atoms with Gasteiger partial charge in [-0.15, -0.1) is 10.2 Å². The van der Waals surface area contributed by atoms with Crippen molar-refractivity contribution in [3.8, 4) is 33.6 Å². The van der Waals surface area contributed by atoms with Crippen molar-refractivity contribution in [3.63, 3.8) is 0 Å². The molecule has 5 aliphatic rings. The maximum absolute atomic E-state index is 15.0. The van der Waals surface area contributed by atoms with Gasteiger partial charge in [0.25, 0.3) is 17.7 Å². The van der Waals surface area contributed by atoms with Crippen molar-refractivity contribution in [2.75, 3.05) is 136 Å². The number of nitrogens with two attached hydrogens (primary N) is 2. The summed E-state index contributed by atoms with van der Waals surface area (Å²) in [5, 5.41) is 49.8. The quantitative estimate of drug-likeness (QED) is 0.0109. The normalized spacial score (nSPS) is 26.4. The number of nitrogens with one attached hydrogen (secondary N) is 1. The number of aromatic nitrogens is 13. The Morgan fingerprint density at radius 2 is 1.50 bits per heavy atom. The average molecular weight is 1920 g/mol. The number of nitrogens with zero attached hydrogens (tertiary/aromatic N) is 16. The van der Waals surface area contributed by atoms with E-state index in [1.165, 1.54) is 22.6 Å². The van der Waals surface area contributed by atoms with Gasteiger partial charge in [0, 0.05) is 139 Å². The first-order valence-corrected chi connectivity index (χ1v) is 49.3. The number of ketones is 3. The number of piperazine rings is 1. The summed E-state index contributed by atoms with van der Waals surface area (Å²) in [6.07, 6.45) is 21.0. The Labute approximate surface area is 798 Å². The highest BCUT2D eigenvalue weighted by atomic mass is 32.2. The Morgan fingerprint density at radius 3 is 2.26 bits per heavy atom. The first-order valence-electron chi connectivity index (χ1n) is 47.7. The van der Waals surface area contributed by atoms with Gasteiger partial charge in [-0.1, -0.05) is 99.7 Å². The number of nitrogen functional groups attached to an aromatic ring is 2. The molecule has 15 atom stereocenters. The van der Waals surface area contributed by atoms with Crippen molar-refractivity contribution in [2.24, 2.45) is 35.5 Å².